The molecule has 0 bridgehead atoms. The number of rotatable bonds is 39. The van der Waals surface area contributed by atoms with Crippen LogP contribution in [-0.2, 0) is 33.3 Å². The summed E-state index contributed by atoms with van der Waals surface area (Å²) in [7, 11) is 0. The molecule has 6 unspecified atom stereocenters. The molecule has 11 heteroatoms. The van der Waals surface area contributed by atoms with Gasteiger partial charge < -0.3 is 39.4 Å². The molecule has 334 valence electrons. The molecule has 0 amide bonds. The fourth-order valence-electron chi connectivity index (χ4n) is 7.17. The largest absolute Gasteiger partial charge is 0.479 e. The molecule has 1 aliphatic heterocycles. The molecular formula is C46H84O11. The highest BCUT2D eigenvalue weighted by atomic mass is 16.7. The van der Waals surface area contributed by atoms with Crippen molar-refractivity contribution in [3.63, 3.8) is 0 Å². The number of esters is 2. The summed E-state index contributed by atoms with van der Waals surface area (Å²) in [5, 5.41) is 39.8. The van der Waals surface area contributed by atoms with Gasteiger partial charge in [0.25, 0.3) is 0 Å². The molecule has 0 saturated carbocycles. The number of aliphatic carboxylic acids is 1. The molecule has 0 aromatic rings. The third-order valence-electron chi connectivity index (χ3n) is 10.9. The third kappa shape index (κ3) is 28.9. The van der Waals surface area contributed by atoms with Gasteiger partial charge in [-0.1, -0.05) is 174 Å². The van der Waals surface area contributed by atoms with Crippen molar-refractivity contribution < 1.29 is 53.8 Å². The van der Waals surface area contributed by atoms with E-state index in [2.05, 4.69) is 26.0 Å². The average Bonchev–Trinajstić information content (AvgIpc) is 3.19. The number of hydrogen-bond acceptors (Lipinski definition) is 10. The van der Waals surface area contributed by atoms with E-state index in [1.54, 1.807) is 0 Å². The molecule has 1 aliphatic rings. The van der Waals surface area contributed by atoms with Crippen LogP contribution in [0.15, 0.2) is 12.2 Å². The van der Waals surface area contributed by atoms with Crippen LogP contribution in [0.2, 0.25) is 0 Å². The van der Waals surface area contributed by atoms with Crippen LogP contribution in [0.1, 0.15) is 213 Å². The Morgan fingerprint density at radius 3 is 1.37 bits per heavy atom. The maximum absolute atomic E-state index is 12.8. The molecule has 0 aromatic heterocycles. The molecule has 4 N–H and O–H groups in total. The molecule has 0 aliphatic carbocycles. The van der Waals surface area contributed by atoms with Gasteiger partial charge in [0.15, 0.2) is 18.5 Å². The van der Waals surface area contributed by atoms with Crippen molar-refractivity contribution in [3.8, 4) is 0 Å². The summed E-state index contributed by atoms with van der Waals surface area (Å²) in [4.78, 5) is 36.8. The number of ether oxygens (including phenoxy) is 4. The van der Waals surface area contributed by atoms with Crippen molar-refractivity contribution in [1.29, 1.82) is 0 Å². The zero-order valence-corrected chi connectivity index (χ0v) is 36.1. The lowest BCUT2D eigenvalue weighted by molar-refractivity contribution is -0.298. The number of aliphatic hydroxyl groups is 3. The van der Waals surface area contributed by atoms with Crippen LogP contribution >= 0.6 is 0 Å². The van der Waals surface area contributed by atoms with Gasteiger partial charge in [-0.2, -0.15) is 0 Å². The molecule has 1 fully saturated rings. The lowest BCUT2D eigenvalue weighted by atomic mass is 9.99. The number of carboxylic acid groups (broad SMARTS) is 1. The van der Waals surface area contributed by atoms with Crippen molar-refractivity contribution in [2.45, 2.75) is 250 Å². The van der Waals surface area contributed by atoms with Gasteiger partial charge in [0.1, 0.15) is 24.9 Å². The monoisotopic (exact) mass is 813 g/mol. The maximum Gasteiger partial charge on any atom is 0.335 e. The van der Waals surface area contributed by atoms with Gasteiger partial charge >= 0.3 is 17.9 Å². The van der Waals surface area contributed by atoms with Gasteiger partial charge in [0.2, 0.25) is 0 Å². The first kappa shape index (κ1) is 53.0. The summed E-state index contributed by atoms with van der Waals surface area (Å²) in [6, 6.07) is 0. The van der Waals surface area contributed by atoms with E-state index in [0.717, 1.165) is 57.8 Å². The fourth-order valence-corrected chi connectivity index (χ4v) is 7.17. The maximum atomic E-state index is 12.8. The van der Waals surface area contributed by atoms with Crippen LogP contribution in [0.3, 0.4) is 0 Å². The molecule has 0 aromatic carbocycles. The number of carbonyl (C=O) groups is 3. The van der Waals surface area contributed by atoms with Crippen LogP contribution in [0.4, 0.5) is 0 Å². The molecule has 57 heavy (non-hydrogen) atoms. The summed E-state index contributed by atoms with van der Waals surface area (Å²) in [6.07, 6.45) is 29.7. The quantitative estimate of drug-likeness (QED) is 0.0265. The second-order valence-corrected chi connectivity index (χ2v) is 16.3. The Morgan fingerprint density at radius 1 is 0.526 bits per heavy atom. The Hall–Kier alpha value is -2.05. The van der Waals surface area contributed by atoms with Gasteiger partial charge in [0.05, 0.1) is 6.61 Å². The highest BCUT2D eigenvalue weighted by molar-refractivity contribution is 5.73. The van der Waals surface area contributed by atoms with Gasteiger partial charge in [-0.25, -0.2) is 4.79 Å². The normalized spacial score (nSPS) is 20.2. The summed E-state index contributed by atoms with van der Waals surface area (Å²) >= 11 is 0. The van der Waals surface area contributed by atoms with Crippen molar-refractivity contribution in [2.75, 3.05) is 13.2 Å². The minimum Gasteiger partial charge on any atom is -0.479 e. The number of unbranched alkanes of at least 4 members (excludes halogenated alkanes) is 26. The van der Waals surface area contributed by atoms with Crippen molar-refractivity contribution in [3.05, 3.63) is 12.2 Å². The van der Waals surface area contributed by atoms with Crippen LogP contribution in [-0.4, -0.2) is 88.4 Å². The molecule has 1 saturated heterocycles. The fraction of sp³-hybridized carbons (Fsp3) is 0.891. The highest BCUT2D eigenvalue weighted by Gasteiger charge is 2.47. The standard InChI is InChI=1S/C46H84O11/c1-3-5-7-9-11-13-15-17-19-21-22-24-26-28-30-32-34-39(47)54-36-38(37-55-46-43(51)41(49)42(50)44(57-46)45(52)53)56-40(48)35-33-31-29-27-25-23-20-18-16-14-12-10-8-6-4-2/h19,21,38,41-44,46,49-51H,3-18,20,22-37H2,1-2H3,(H,52,53)/b21-19-. The predicted octanol–water partition coefficient (Wildman–Crippen LogP) is 10.0. The first-order valence-corrected chi connectivity index (χ1v) is 23.2. The molecule has 0 radical (unpaired) electrons. The van der Waals surface area contributed by atoms with E-state index in [-0.39, 0.29) is 26.1 Å². The molecule has 11 nitrogen and oxygen atoms in total. The summed E-state index contributed by atoms with van der Waals surface area (Å²) in [5.74, 6) is -2.44. The molecule has 1 heterocycles. The lowest BCUT2D eigenvalue weighted by Crippen LogP contribution is -2.60. The minimum atomic E-state index is -1.86. The lowest BCUT2D eigenvalue weighted by Gasteiger charge is -2.38. The molecule has 1 rings (SSSR count). The summed E-state index contributed by atoms with van der Waals surface area (Å²) < 4.78 is 21.7. The Kier molecular flexibility index (Phi) is 34.4. The second-order valence-electron chi connectivity index (χ2n) is 16.3. The molecular weight excluding hydrogens is 728 g/mol. The van der Waals surface area contributed by atoms with E-state index in [9.17, 15) is 34.8 Å². The van der Waals surface area contributed by atoms with Crippen LogP contribution in [0.5, 0.6) is 0 Å². The Morgan fingerprint density at radius 2 is 0.930 bits per heavy atom. The Labute approximate surface area is 346 Å². The summed E-state index contributed by atoms with van der Waals surface area (Å²) in [5.41, 5.74) is 0. The Balaban J connectivity index is 2.35. The first-order valence-electron chi connectivity index (χ1n) is 23.2. The van der Waals surface area contributed by atoms with Crippen molar-refractivity contribution >= 4 is 17.9 Å². The number of allylic oxidation sites excluding steroid dienone is 2. The number of aliphatic hydroxyl groups excluding tert-OH is 3. The number of carboxylic acids is 1. The van der Waals surface area contributed by atoms with E-state index < -0.39 is 54.7 Å². The zero-order valence-electron chi connectivity index (χ0n) is 36.1. The van der Waals surface area contributed by atoms with Gasteiger partial charge in [-0.15, -0.1) is 0 Å². The van der Waals surface area contributed by atoms with Crippen LogP contribution in [0.25, 0.3) is 0 Å². The Bertz CT molecular complexity index is 1000. The van der Waals surface area contributed by atoms with E-state index >= 15 is 0 Å². The third-order valence-corrected chi connectivity index (χ3v) is 10.9. The highest BCUT2D eigenvalue weighted by Crippen LogP contribution is 2.23. The average molecular weight is 813 g/mol. The van der Waals surface area contributed by atoms with E-state index in [4.69, 9.17) is 18.9 Å². The number of carbonyl (C=O) groups excluding carboxylic acids is 2. The van der Waals surface area contributed by atoms with E-state index in [1.165, 1.54) is 116 Å². The zero-order chi connectivity index (χ0) is 41.8. The van der Waals surface area contributed by atoms with Crippen molar-refractivity contribution in [2.24, 2.45) is 0 Å². The second kappa shape index (κ2) is 37.0. The van der Waals surface area contributed by atoms with E-state index in [1.807, 2.05) is 0 Å². The van der Waals surface area contributed by atoms with Crippen LogP contribution in [0, 0.1) is 0 Å². The first-order chi connectivity index (χ1) is 27.7. The van der Waals surface area contributed by atoms with Gasteiger partial charge in [0, 0.05) is 12.8 Å². The smallest absolute Gasteiger partial charge is 0.335 e. The topological polar surface area (TPSA) is 169 Å². The van der Waals surface area contributed by atoms with Gasteiger partial charge in [-0.3, -0.25) is 9.59 Å². The van der Waals surface area contributed by atoms with Crippen molar-refractivity contribution in [1.82, 2.24) is 0 Å². The molecule has 6 atom stereocenters. The van der Waals surface area contributed by atoms with E-state index in [0.29, 0.717) is 12.8 Å². The minimum absolute atomic E-state index is 0.187. The number of hydrogen-bond donors (Lipinski definition) is 4. The molecule has 0 spiro atoms. The summed E-state index contributed by atoms with van der Waals surface area (Å²) in [6.45, 7) is 3.82. The van der Waals surface area contributed by atoms with Crippen LogP contribution < -0.4 is 0 Å². The SMILES string of the molecule is CCCCCCCCC/C=C\CCCCCCCC(=O)OCC(COC1OC(C(=O)O)C(O)C(O)C1O)OC(=O)CCCCCCCCCCCCCCCCC. The predicted molar refractivity (Wildman–Crippen MR) is 225 cm³/mol. The van der Waals surface area contributed by atoms with Gasteiger partial charge in [-0.05, 0) is 38.5 Å².